The SMILES string of the molecule is CCCCCN1CCCCC1CNC(=O)OC(C)(C)C. The second kappa shape index (κ2) is 8.50. The Morgan fingerprint density at radius 3 is 2.70 bits per heavy atom. The van der Waals surface area contributed by atoms with Gasteiger partial charge in [0.05, 0.1) is 0 Å². The van der Waals surface area contributed by atoms with Crippen molar-refractivity contribution < 1.29 is 9.53 Å². The molecule has 1 amide bonds. The van der Waals surface area contributed by atoms with E-state index in [4.69, 9.17) is 4.74 Å². The molecule has 0 aromatic rings. The molecule has 0 aromatic carbocycles. The van der Waals surface area contributed by atoms with Gasteiger partial charge in [-0.1, -0.05) is 26.2 Å². The predicted octanol–water partition coefficient (Wildman–Crippen LogP) is 3.56. The third-order valence-electron chi connectivity index (χ3n) is 3.68. The van der Waals surface area contributed by atoms with Gasteiger partial charge in [0.1, 0.15) is 5.60 Å². The standard InChI is InChI=1S/C16H32N2O2/c1-5-6-8-11-18-12-9-7-10-14(18)13-17-15(19)20-16(2,3)4/h14H,5-13H2,1-4H3,(H,17,19). The summed E-state index contributed by atoms with van der Waals surface area (Å²) in [5.74, 6) is 0. The Hall–Kier alpha value is -0.770. The highest BCUT2D eigenvalue weighted by molar-refractivity contribution is 5.67. The molecule has 0 radical (unpaired) electrons. The van der Waals surface area contributed by atoms with Gasteiger partial charge in [-0.25, -0.2) is 4.79 Å². The third-order valence-corrected chi connectivity index (χ3v) is 3.68. The first kappa shape index (κ1) is 17.3. The molecule has 1 saturated heterocycles. The summed E-state index contributed by atoms with van der Waals surface area (Å²) in [5, 5.41) is 2.93. The van der Waals surface area contributed by atoms with Crippen molar-refractivity contribution in [3.8, 4) is 0 Å². The molecular weight excluding hydrogens is 252 g/mol. The van der Waals surface area contributed by atoms with Crippen LogP contribution in [0.3, 0.4) is 0 Å². The molecule has 1 unspecified atom stereocenters. The number of piperidine rings is 1. The summed E-state index contributed by atoms with van der Waals surface area (Å²) in [7, 11) is 0. The Balaban J connectivity index is 2.33. The zero-order valence-corrected chi connectivity index (χ0v) is 13.7. The average molecular weight is 284 g/mol. The number of hydrogen-bond acceptors (Lipinski definition) is 3. The maximum Gasteiger partial charge on any atom is 0.407 e. The quantitative estimate of drug-likeness (QED) is 0.758. The van der Waals surface area contributed by atoms with Gasteiger partial charge in [0.2, 0.25) is 0 Å². The van der Waals surface area contributed by atoms with Gasteiger partial charge in [0.25, 0.3) is 0 Å². The van der Waals surface area contributed by atoms with E-state index in [9.17, 15) is 4.79 Å². The number of nitrogens with one attached hydrogen (secondary N) is 1. The Kier molecular flexibility index (Phi) is 7.35. The van der Waals surface area contributed by atoms with Crippen LogP contribution in [0.15, 0.2) is 0 Å². The van der Waals surface area contributed by atoms with Gasteiger partial charge in [-0.15, -0.1) is 0 Å². The fourth-order valence-corrected chi connectivity index (χ4v) is 2.67. The Morgan fingerprint density at radius 2 is 2.05 bits per heavy atom. The lowest BCUT2D eigenvalue weighted by atomic mass is 10.0. The molecule has 1 rings (SSSR count). The van der Waals surface area contributed by atoms with E-state index in [1.807, 2.05) is 20.8 Å². The zero-order chi connectivity index (χ0) is 15.0. The fourth-order valence-electron chi connectivity index (χ4n) is 2.67. The number of unbranched alkanes of at least 4 members (excludes halogenated alkanes) is 2. The summed E-state index contributed by atoms with van der Waals surface area (Å²) in [5.41, 5.74) is -0.419. The minimum Gasteiger partial charge on any atom is -0.444 e. The normalized spacial score (nSPS) is 20.7. The van der Waals surface area contributed by atoms with E-state index >= 15 is 0 Å². The highest BCUT2D eigenvalue weighted by Gasteiger charge is 2.23. The van der Waals surface area contributed by atoms with Crippen molar-refractivity contribution in [2.24, 2.45) is 0 Å². The van der Waals surface area contributed by atoms with Crippen LogP contribution < -0.4 is 5.32 Å². The first-order chi connectivity index (χ1) is 9.42. The van der Waals surface area contributed by atoms with Crippen LogP contribution in [-0.4, -0.2) is 42.3 Å². The molecular formula is C16H32N2O2. The van der Waals surface area contributed by atoms with E-state index in [-0.39, 0.29) is 6.09 Å². The number of hydrogen-bond donors (Lipinski definition) is 1. The van der Waals surface area contributed by atoms with Crippen molar-refractivity contribution in [1.82, 2.24) is 10.2 Å². The largest absolute Gasteiger partial charge is 0.444 e. The van der Waals surface area contributed by atoms with E-state index in [1.165, 1.54) is 45.1 Å². The van der Waals surface area contributed by atoms with Crippen LogP contribution in [0.1, 0.15) is 66.2 Å². The van der Waals surface area contributed by atoms with Crippen LogP contribution in [0.5, 0.6) is 0 Å². The highest BCUT2D eigenvalue weighted by atomic mass is 16.6. The van der Waals surface area contributed by atoms with Crippen LogP contribution in [0.2, 0.25) is 0 Å². The monoisotopic (exact) mass is 284 g/mol. The number of alkyl carbamates (subject to hydrolysis) is 1. The molecule has 4 nitrogen and oxygen atoms in total. The summed E-state index contributed by atoms with van der Waals surface area (Å²) in [6, 6.07) is 0.480. The zero-order valence-electron chi connectivity index (χ0n) is 13.7. The molecule has 20 heavy (non-hydrogen) atoms. The number of ether oxygens (including phenoxy) is 1. The van der Waals surface area contributed by atoms with E-state index < -0.39 is 5.60 Å². The molecule has 0 aromatic heterocycles. The van der Waals surface area contributed by atoms with Crippen molar-refractivity contribution in [3.05, 3.63) is 0 Å². The van der Waals surface area contributed by atoms with Gasteiger partial charge < -0.3 is 10.1 Å². The van der Waals surface area contributed by atoms with Crippen LogP contribution in [0.25, 0.3) is 0 Å². The summed E-state index contributed by atoms with van der Waals surface area (Å²) < 4.78 is 5.29. The van der Waals surface area contributed by atoms with E-state index in [1.54, 1.807) is 0 Å². The smallest absolute Gasteiger partial charge is 0.407 e. The van der Waals surface area contributed by atoms with Gasteiger partial charge in [-0.2, -0.15) is 0 Å². The number of amides is 1. The van der Waals surface area contributed by atoms with Gasteiger partial charge >= 0.3 is 6.09 Å². The highest BCUT2D eigenvalue weighted by Crippen LogP contribution is 2.17. The number of likely N-dealkylation sites (tertiary alicyclic amines) is 1. The van der Waals surface area contributed by atoms with Crippen molar-refractivity contribution in [1.29, 1.82) is 0 Å². The molecule has 118 valence electrons. The van der Waals surface area contributed by atoms with Crippen molar-refractivity contribution in [3.63, 3.8) is 0 Å². The van der Waals surface area contributed by atoms with Crippen molar-refractivity contribution in [2.75, 3.05) is 19.6 Å². The first-order valence-corrected chi connectivity index (χ1v) is 8.13. The van der Waals surface area contributed by atoms with Crippen molar-refractivity contribution >= 4 is 6.09 Å². The number of carbonyl (C=O) groups is 1. The topological polar surface area (TPSA) is 41.6 Å². The molecule has 1 aliphatic heterocycles. The van der Waals surface area contributed by atoms with Gasteiger partial charge in [-0.05, 0) is 53.1 Å². The summed E-state index contributed by atoms with van der Waals surface area (Å²) in [6.45, 7) is 11.0. The molecule has 0 aliphatic carbocycles. The van der Waals surface area contributed by atoms with Gasteiger partial charge in [-0.3, -0.25) is 4.90 Å². The number of carbonyl (C=O) groups excluding carboxylic acids is 1. The lowest BCUT2D eigenvalue weighted by Crippen LogP contribution is -2.47. The summed E-state index contributed by atoms with van der Waals surface area (Å²) in [6.07, 6.45) is 7.26. The lowest BCUT2D eigenvalue weighted by Gasteiger charge is -2.36. The first-order valence-electron chi connectivity index (χ1n) is 8.13. The molecule has 1 N–H and O–H groups in total. The third kappa shape index (κ3) is 7.13. The van der Waals surface area contributed by atoms with Crippen LogP contribution in [0, 0.1) is 0 Å². The molecule has 1 heterocycles. The fraction of sp³-hybridized carbons (Fsp3) is 0.938. The van der Waals surface area contributed by atoms with Crippen LogP contribution in [0.4, 0.5) is 4.79 Å². The number of rotatable bonds is 6. The maximum absolute atomic E-state index is 11.7. The van der Waals surface area contributed by atoms with Crippen molar-refractivity contribution in [2.45, 2.75) is 77.9 Å². The average Bonchev–Trinajstić information content (AvgIpc) is 2.36. The Morgan fingerprint density at radius 1 is 1.30 bits per heavy atom. The minimum absolute atomic E-state index is 0.295. The second-order valence-corrected chi connectivity index (χ2v) is 6.78. The Labute approximate surface area is 124 Å². The van der Waals surface area contributed by atoms with E-state index in [0.29, 0.717) is 12.6 Å². The maximum atomic E-state index is 11.7. The van der Waals surface area contributed by atoms with E-state index in [0.717, 1.165) is 6.54 Å². The molecule has 0 saturated carbocycles. The van der Waals surface area contributed by atoms with Gasteiger partial charge in [0.15, 0.2) is 0 Å². The number of nitrogens with zero attached hydrogens (tertiary/aromatic N) is 1. The molecule has 1 aliphatic rings. The van der Waals surface area contributed by atoms with Gasteiger partial charge in [0, 0.05) is 12.6 Å². The van der Waals surface area contributed by atoms with E-state index in [2.05, 4.69) is 17.1 Å². The summed E-state index contributed by atoms with van der Waals surface area (Å²) in [4.78, 5) is 14.3. The molecule has 0 spiro atoms. The minimum atomic E-state index is -0.419. The van der Waals surface area contributed by atoms with Crippen LogP contribution in [-0.2, 0) is 4.74 Å². The predicted molar refractivity (Wildman–Crippen MR) is 83.0 cm³/mol. The molecule has 0 bridgehead atoms. The molecule has 1 atom stereocenters. The molecule has 1 fully saturated rings. The Bertz CT molecular complexity index is 287. The molecule has 4 heteroatoms. The lowest BCUT2D eigenvalue weighted by molar-refractivity contribution is 0.0494. The second-order valence-electron chi connectivity index (χ2n) is 6.78. The summed E-state index contributed by atoms with van der Waals surface area (Å²) >= 11 is 0. The van der Waals surface area contributed by atoms with Crippen LogP contribution >= 0.6 is 0 Å².